The van der Waals surface area contributed by atoms with Gasteiger partial charge < -0.3 is 0 Å². The van der Waals surface area contributed by atoms with Gasteiger partial charge in [-0.3, -0.25) is 4.98 Å². The Morgan fingerprint density at radius 3 is 1.62 bits per heavy atom. The first kappa shape index (κ1) is 10.7. The van der Waals surface area contributed by atoms with Gasteiger partial charge in [-0.2, -0.15) is 13.2 Å². The van der Waals surface area contributed by atoms with Gasteiger partial charge in [0, 0.05) is 12.4 Å². The first-order valence-electron chi connectivity index (χ1n) is 4.65. The maximum absolute atomic E-state index is 11.7. The van der Waals surface area contributed by atoms with Crippen LogP contribution in [0.15, 0.2) is 48.8 Å². The molecule has 1 aromatic rings. The van der Waals surface area contributed by atoms with Crippen molar-refractivity contribution in [3.05, 3.63) is 54.4 Å². The average molecular weight is 223 g/mol. The molecule has 0 aliphatic heterocycles. The maximum atomic E-state index is 11.7. The van der Waals surface area contributed by atoms with Crippen molar-refractivity contribution in [1.29, 1.82) is 0 Å². The lowest BCUT2D eigenvalue weighted by Crippen LogP contribution is -2.04. The summed E-state index contributed by atoms with van der Waals surface area (Å²) in [5, 5.41) is 0. The van der Waals surface area contributed by atoms with Crippen LogP contribution in [0.2, 0.25) is 0 Å². The van der Waals surface area contributed by atoms with Crippen molar-refractivity contribution in [2.24, 2.45) is 0 Å². The molecule has 0 saturated carbocycles. The summed E-state index contributed by atoms with van der Waals surface area (Å²) in [6.45, 7) is 0. The van der Waals surface area contributed by atoms with Crippen molar-refractivity contribution >= 4 is 0 Å². The van der Waals surface area contributed by atoms with E-state index >= 15 is 0 Å². The zero-order valence-corrected chi connectivity index (χ0v) is 8.20. The summed E-state index contributed by atoms with van der Waals surface area (Å²) < 4.78 is 35.2. The smallest absolute Gasteiger partial charge is 0.264 e. The molecule has 4 heteroatoms. The Morgan fingerprint density at radius 1 is 0.875 bits per heavy atom. The lowest BCUT2D eigenvalue weighted by atomic mass is 9.95. The number of rotatable bonds is 0. The topological polar surface area (TPSA) is 12.9 Å². The van der Waals surface area contributed by atoms with Gasteiger partial charge in [-0.15, -0.1) is 0 Å². The molecular weight excluding hydrogens is 215 g/mol. The third-order valence-corrected chi connectivity index (χ3v) is 2.21. The van der Waals surface area contributed by atoms with Gasteiger partial charge in [-0.25, -0.2) is 0 Å². The van der Waals surface area contributed by atoms with Gasteiger partial charge >= 0.3 is 6.18 Å². The number of aromatic nitrogens is 1. The molecule has 0 radical (unpaired) electrons. The standard InChI is InChI=1S/C6H4F3N.C6H4/c7-6(8,9)5-2-1-3-10-4-5;1-2-6-4-3-5(1)6/h1-4H;1-4H. The van der Waals surface area contributed by atoms with E-state index in [1.54, 1.807) is 0 Å². The van der Waals surface area contributed by atoms with Crippen molar-refractivity contribution in [3.8, 4) is 11.1 Å². The van der Waals surface area contributed by atoms with Crippen molar-refractivity contribution in [2.75, 3.05) is 0 Å². The molecule has 1 nitrogen and oxygen atoms in total. The van der Waals surface area contributed by atoms with E-state index in [9.17, 15) is 13.2 Å². The Bertz CT molecular complexity index is 439. The van der Waals surface area contributed by atoms with E-state index in [1.807, 2.05) is 0 Å². The molecule has 1 heterocycles. The first-order valence-corrected chi connectivity index (χ1v) is 4.65. The molecule has 0 aromatic carbocycles. The van der Waals surface area contributed by atoms with Crippen LogP contribution in [-0.2, 0) is 6.18 Å². The molecule has 2 aliphatic carbocycles. The third kappa shape index (κ3) is 2.21. The van der Waals surface area contributed by atoms with Gasteiger partial charge in [0.25, 0.3) is 0 Å². The highest BCUT2D eigenvalue weighted by Crippen LogP contribution is 2.29. The molecule has 0 fully saturated rings. The van der Waals surface area contributed by atoms with Crippen LogP contribution in [0.3, 0.4) is 0 Å². The summed E-state index contributed by atoms with van der Waals surface area (Å²) in [6.07, 6.45) is -2.18. The molecule has 0 amide bonds. The number of hydrogen-bond donors (Lipinski definition) is 0. The van der Waals surface area contributed by atoms with E-state index in [4.69, 9.17) is 0 Å². The summed E-state index contributed by atoms with van der Waals surface area (Å²) in [7, 11) is 0. The number of hydrogen-bond acceptors (Lipinski definition) is 1. The van der Waals surface area contributed by atoms with E-state index in [2.05, 4.69) is 29.2 Å². The Hall–Kier alpha value is -1.84. The molecule has 1 aromatic heterocycles. The number of halogens is 3. The van der Waals surface area contributed by atoms with Crippen LogP contribution in [-0.4, -0.2) is 4.98 Å². The molecule has 0 bridgehead atoms. The van der Waals surface area contributed by atoms with Crippen molar-refractivity contribution in [3.63, 3.8) is 0 Å². The van der Waals surface area contributed by atoms with Crippen LogP contribution in [0.1, 0.15) is 5.56 Å². The number of nitrogens with zero attached hydrogens (tertiary/aromatic N) is 1. The average Bonchev–Trinajstić information content (AvgIpc) is 2.24. The van der Waals surface area contributed by atoms with Crippen LogP contribution in [0, 0.1) is 0 Å². The fourth-order valence-electron chi connectivity index (χ4n) is 1.19. The zero-order chi connectivity index (χ0) is 11.6. The van der Waals surface area contributed by atoms with E-state index in [1.165, 1.54) is 23.4 Å². The van der Waals surface area contributed by atoms with Gasteiger partial charge in [0.2, 0.25) is 0 Å². The minimum atomic E-state index is -4.27. The van der Waals surface area contributed by atoms with E-state index in [0.717, 1.165) is 12.3 Å². The summed E-state index contributed by atoms with van der Waals surface area (Å²) in [5.74, 6) is 0. The first-order chi connectivity index (χ1) is 7.57. The van der Waals surface area contributed by atoms with Crippen LogP contribution < -0.4 is 0 Å². The molecule has 0 N–H and O–H groups in total. The third-order valence-electron chi connectivity index (χ3n) is 2.21. The summed E-state index contributed by atoms with van der Waals surface area (Å²) in [6, 6.07) is 10.7. The fraction of sp³-hybridized carbons (Fsp3) is 0.0833. The summed E-state index contributed by atoms with van der Waals surface area (Å²) in [4.78, 5) is 3.33. The molecule has 0 atom stereocenters. The molecule has 82 valence electrons. The second-order valence-corrected chi connectivity index (χ2v) is 3.32. The molecule has 0 saturated heterocycles. The molecule has 0 spiro atoms. The lowest BCUT2D eigenvalue weighted by Gasteiger charge is -2.10. The quantitative estimate of drug-likeness (QED) is 0.565. The van der Waals surface area contributed by atoms with Crippen molar-refractivity contribution < 1.29 is 13.2 Å². The second kappa shape index (κ2) is 3.96. The van der Waals surface area contributed by atoms with Gasteiger partial charge in [0.1, 0.15) is 0 Å². The molecule has 3 rings (SSSR count). The van der Waals surface area contributed by atoms with Gasteiger partial charge in [-0.05, 0) is 23.3 Å². The largest absolute Gasteiger partial charge is 0.417 e. The minimum absolute atomic E-state index is 0.713. The minimum Gasteiger partial charge on any atom is -0.264 e. The second-order valence-electron chi connectivity index (χ2n) is 3.32. The maximum Gasteiger partial charge on any atom is 0.417 e. The summed E-state index contributed by atoms with van der Waals surface area (Å²) in [5.41, 5.74) is 2.14. The Balaban J connectivity index is 0.000000134. The van der Waals surface area contributed by atoms with E-state index < -0.39 is 11.7 Å². The lowest BCUT2D eigenvalue weighted by molar-refractivity contribution is -0.137. The number of benzene rings is 1. The Labute approximate surface area is 90.6 Å². The fourth-order valence-corrected chi connectivity index (χ4v) is 1.19. The zero-order valence-electron chi connectivity index (χ0n) is 8.20. The number of alkyl halides is 3. The highest BCUT2D eigenvalue weighted by atomic mass is 19.4. The normalized spacial score (nSPS) is 11.4. The van der Waals surface area contributed by atoms with E-state index in [-0.39, 0.29) is 0 Å². The highest BCUT2D eigenvalue weighted by molar-refractivity contribution is 5.75. The van der Waals surface area contributed by atoms with Crippen LogP contribution in [0.25, 0.3) is 11.1 Å². The Morgan fingerprint density at radius 2 is 1.44 bits per heavy atom. The number of pyridine rings is 1. The molecule has 2 aliphatic rings. The van der Waals surface area contributed by atoms with Gasteiger partial charge in [-0.1, -0.05) is 24.3 Å². The van der Waals surface area contributed by atoms with Crippen molar-refractivity contribution in [2.45, 2.75) is 6.18 Å². The van der Waals surface area contributed by atoms with Gasteiger partial charge in [0.15, 0.2) is 0 Å². The Kier molecular flexibility index (Phi) is 2.64. The highest BCUT2D eigenvalue weighted by Gasteiger charge is 2.30. The van der Waals surface area contributed by atoms with E-state index in [0.29, 0.717) is 0 Å². The molecular formula is C12H8F3N. The summed E-state index contributed by atoms with van der Waals surface area (Å²) >= 11 is 0. The van der Waals surface area contributed by atoms with Crippen LogP contribution in [0.5, 0.6) is 0 Å². The van der Waals surface area contributed by atoms with Crippen LogP contribution in [0.4, 0.5) is 13.2 Å². The van der Waals surface area contributed by atoms with Gasteiger partial charge in [0.05, 0.1) is 5.56 Å². The predicted molar refractivity (Wildman–Crippen MR) is 54.7 cm³/mol. The predicted octanol–water partition coefficient (Wildman–Crippen LogP) is 3.77. The van der Waals surface area contributed by atoms with Crippen LogP contribution >= 0.6 is 0 Å². The molecule has 0 unspecified atom stereocenters. The SMILES string of the molecule is FC(F)(F)c1cccnc1.c1cc2ccc1-2. The molecule has 16 heavy (non-hydrogen) atoms. The van der Waals surface area contributed by atoms with Crippen molar-refractivity contribution in [1.82, 2.24) is 4.98 Å². The number of fused-ring (bicyclic) bond motifs is 1. The monoisotopic (exact) mass is 223 g/mol.